The van der Waals surface area contributed by atoms with E-state index in [1.807, 2.05) is 36.4 Å². The van der Waals surface area contributed by atoms with E-state index >= 15 is 0 Å². The molecule has 0 aliphatic rings. The van der Waals surface area contributed by atoms with Gasteiger partial charge in [-0.05, 0) is 47.4 Å². The first kappa shape index (κ1) is 22.0. The minimum absolute atomic E-state index is 0.334. The number of hydrogen-bond donors (Lipinski definition) is 2. The average molecular weight is 441 g/mol. The van der Waals surface area contributed by atoms with Crippen LogP contribution in [0.4, 0.5) is 0 Å². The predicted octanol–water partition coefficient (Wildman–Crippen LogP) is 2.62. The first-order valence-electron chi connectivity index (χ1n) is 10.4. The van der Waals surface area contributed by atoms with Gasteiger partial charge < -0.3 is 15.5 Å². The molecule has 4 aromatic rings. The molecule has 0 bridgehead atoms. The number of rotatable bonds is 6. The van der Waals surface area contributed by atoms with Gasteiger partial charge in [0.15, 0.2) is 5.58 Å². The van der Waals surface area contributed by atoms with E-state index in [9.17, 15) is 14.9 Å². The summed E-state index contributed by atoms with van der Waals surface area (Å²) >= 11 is 0. The van der Waals surface area contributed by atoms with E-state index in [0.717, 1.165) is 16.7 Å². The van der Waals surface area contributed by atoms with Crippen LogP contribution in [-0.2, 0) is 23.8 Å². The molecule has 2 atom stereocenters. The molecule has 0 spiro atoms. The van der Waals surface area contributed by atoms with Gasteiger partial charge in [-0.2, -0.15) is 5.26 Å². The van der Waals surface area contributed by atoms with Gasteiger partial charge >= 0.3 is 5.76 Å². The highest BCUT2D eigenvalue weighted by Crippen LogP contribution is 2.24. The third kappa shape index (κ3) is 4.40. The van der Waals surface area contributed by atoms with Gasteiger partial charge in [0.05, 0.1) is 11.6 Å². The monoisotopic (exact) mass is 441 g/mol. The van der Waals surface area contributed by atoms with Crippen LogP contribution in [0.15, 0.2) is 76.2 Å². The molecular weight excluding hydrogens is 418 g/mol. The number of carbonyl (C=O) groups excluding carboxylic acids is 1. The maximum Gasteiger partial charge on any atom is 0.419 e. The number of benzene rings is 2. The Balaban J connectivity index is 1.48. The zero-order valence-corrected chi connectivity index (χ0v) is 18.3. The van der Waals surface area contributed by atoms with Crippen LogP contribution >= 0.6 is 0 Å². The van der Waals surface area contributed by atoms with E-state index in [1.165, 1.54) is 4.57 Å². The Morgan fingerprint density at radius 1 is 1.24 bits per heavy atom. The molecule has 2 heterocycles. The Morgan fingerprint density at radius 3 is 2.64 bits per heavy atom. The lowest BCUT2D eigenvalue weighted by atomic mass is 9.93. The van der Waals surface area contributed by atoms with Crippen molar-refractivity contribution in [1.29, 1.82) is 5.26 Å². The summed E-state index contributed by atoms with van der Waals surface area (Å²) in [5.74, 6) is -0.850. The number of fused-ring (bicyclic) bond motifs is 1. The lowest BCUT2D eigenvalue weighted by Crippen LogP contribution is -2.52. The number of pyridine rings is 1. The maximum absolute atomic E-state index is 12.8. The van der Waals surface area contributed by atoms with Crippen molar-refractivity contribution in [2.24, 2.45) is 12.8 Å². The Kier molecular flexibility index (Phi) is 5.82. The van der Waals surface area contributed by atoms with E-state index in [4.69, 9.17) is 10.2 Å². The van der Waals surface area contributed by atoms with Gasteiger partial charge in [-0.25, -0.2) is 4.79 Å². The third-order valence-corrected chi connectivity index (χ3v) is 5.71. The molecule has 8 heteroatoms. The first-order valence-corrected chi connectivity index (χ1v) is 10.4. The third-order valence-electron chi connectivity index (χ3n) is 5.71. The van der Waals surface area contributed by atoms with Crippen molar-refractivity contribution in [3.63, 3.8) is 0 Å². The Hall–Kier alpha value is -4.22. The number of nitrogens with one attached hydrogen (secondary N) is 1. The lowest BCUT2D eigenvalue weighted by molar-refractivity contribution is -0.126. The van der Waals surface area contributed by atoms with E-state index in [-0.39, 0.29) is 0 Å². The summed E-state index contributed by atoms with van der Waals surface area (Å²) in [4.78, 5) is 28.5. The van der Waals surface area contributed by atoms with Crippen molar-refractivity contribution in [2.75, 3.05) is 0 Å². The molecule has 2 aromatic heterocycles. The summed E-state index contributed by atoms with van der Waals surface area (Å²) in [6.07, 6.45) is 3.48. The van der Waals surface area contributed by atoms with Crippen LogP contribution in [0.5, 0.6) is 0 Å². The topological polar surface area (TPSA) is 127 Å². The fourth-order valence-electron chi connectivity index (χ4n) is 3.61. The molecule has 0 fully saturated rings. The molecule has 166 valence electrons. The van der Waals surface area contributed by atoms with E-state index < -0.39 is 23.2 Å². The number of hydrogen-bond acceptors (Lipinski definition) is 6. The van der Waals surface area contributed by atoms with Crippen molar-refractivity contribution in [3.8, 4) is 17.2 Å². The van der Waals surface area contributed by atoms with E-state index in [0.29, 0.717) is 23.1 Å². The smallest absolute Gasteiger partial charge is 0.408 e. The second-order valence-electron chi connectivity index (χ2n) is 8.11. The second-order valence-corrected chi connectivity index (χ2v) is 8.11. The first-order chi connectivity index (χ1) is 15.8. The van der Waals surface area contributed by atoms with Gasteiger partial charge in [0.1, 0.15) is 11.6 Å². The largest absolute Gasteiger partial charge is 0.419 e. The van der Waals surface area contributed by atoms with Crippen LogP contribution < -0.4 is 16.8 Å². The Morgan fingerprint density at radius 2 is 1.97 bits per heavy atom. The number of amides is 1. The van der Waals surface area contributed by atoms with E-state index in [1.54, 1.807) is 44.6 Å². The average Bonchev–Trinajstić information content (AvgIpc) is 3.12. The molecular formula is C25H23N5O3. The van der Waals surface area contributed by atoms with Crippen LogP contribution in [0, 0.1) is 11.3 Å². The summed E-state index contributed by atoms with van der Waals surface area (Å²) in [6.45, 7) is 1.59. The van der Waals surface area contributed by atoms with Gasteiger partial charge in [-0.15, -0.1) is 0 Å². The van der Waals surface area contributed by atoms with Crippen molar-refractivity contribution in [2.45, 2.75) is 24.9 Å². The molecule has 1 unspecified atom stereocenters. The van der Waals surface area contributed by atoms with Gasteiger partial charge in [0.2, 0.25) is 5.91 Å². The molecule has 3 N–H and O–H groups in total. The van der Waals surface area contributed by atoms with Crippen molar-refractivity contribution in [3.05, 3.63) is 88.7 Å². The molecule has 0 radical (unpaired) electrons. The summed E-state index contributed by atoms with van der Waals surface area (Å²) in [5, 5.41) is 12.3. The highest BCUT2D eigenvalue weighted by atomic mass is 16.4. The fraction of sp³-hybridized carbons (Fsp3) is 0.200. The minimum atomic E-state index is -1.31. The second kappa shape index (κ2) is 8.73. The summed E-state index contributed by atoms with van der Waals surface area (Å²) in [6, 6.07) is 18.1. The summed E-state index contributed by atoms with van der Waals surface area (Å²) < 4.78 is 6.64. The molecule has 8 nitrogen and oxygen atoms in total. The number of nitrogens with two attached hydrogens (primary N) is 1. The van der Waals surface area contributed by atoms with Crippen molar-refractivity contribution >= 4 is 17.0 Å². The zero-order valence-electron chi connectivity index (χ0n) is 18.3. The standard InChI is InChI=1S/C25H23N5O3/c1-25(27,19-4-3-11-28-15-19)23(31)29-20(14-26)12-16-5-7-17(8-6-16)18-9-10-22-21(13-18)30(2)24(32)33-22/h3-11,13,15,20H,12,27H2,1-2H3,(H,29,31)/t20-,25?/m0/s1. The van der Waals surface area contributed by atoms with Gasteiger partial charge in [0.25, 0.3) is 0 Å². The van der Waals surface area contributed by atoms with Crippen LogP contribution in [0.25, 0.3) is 22.2 Å². The molecule has 4 rings (SSSR count). The maximum atomic E-state index is 12.8. The molecule has 0 aliphatic carbocycles. The highest BCUT2D eigenvalue weighted by molar-refractivity contribution is 5.87. The lowest BCUT2D eigenvalue weighted by Gasteiger charge is -2.25. The van der Waals surface area contributed by atoms with E-state index in [2.05, 4.69) is 16.4 Å². The normalized spacial score (nSPS) is 13.8. The Labute approximate surface area is 190 Å². The van der Waals surface area contributed by atoms with Gasteiger partial charge in [0, 0.05) is 25.9 Å². The predicted molar refractivity (Wildman–Crippen MR) is 124 cm³/mol. The van der Waals surface area contributed by atoms with Gasteiger partial charge in [-0.3, -0.25) is 14.3 Å². The highest BCUT2D eigenvalue weighted by Gasteiger charge is 2.32. The Bertz CT molecular complexity index is 1400. The van der Waals surface area contributed by atoms with Gasteiger partial charge in [-0.1, -0.05) is 36.4 Å². The molecule has 2 aromatic carbocycles. The zero-order chi connectivity index (χ0) is 23.6. The number of carbonyl (C=O) groups is 1. The number of nitriles is 1. The summed E-state index contributed by atoms with van der Waals surface area (Å²) in [5.41, 5.74) is 9.52. The van der Waals surface area contributed by atoms with Crippen LogP contribution in [-0.4, -0.2) is 21.5 Å². The van der Waals surface area contributed by atoms with Crippen molar-refractivity contribution in [1.82, 2.24) is 14.9 Å². The molecule has 0 saturated carbocycles. The number of aromatic nitrogens is 2. The number of aryl methyl sites for hydroxylation is 1. The molecule has 33 heavy (non-hydrogen) atoms. The number of nitrogens with zero attached hydrogens (tertiary/aromatic N) is 3. The minimum Gasteiger partial charge on any atom is -0.408 e. The molecule has 1 amide bonds. The molecule has 0 saturated heterocycles. The van der Waals surface area contributed by atoms with Crippen molar-refractivity contribution < 1.29 is 9.21 Å². The van der Waals surface area contributed by atoms with Crippen LogP contribution in [0.1, 0.15) is 18.1 Å². The number of oxazole rings is 1. The fourth-order valence-corrected chi connectivity index (χ4v) is 3.61. The quantitative estimate of drug-likeness (QED) is 0.474. The van der Waals surface area contributed by atoms with Crippen LogP contribution in [0.2, 0.25) is 0 Å². The SMILES string of the molecule is Cn1c(=O)oc2ccc(-c3ccc(C[C@@H](C#N)NC(=O)C(C)(N)c4cccnc4)cc3)cc21. The van der Waals surface area contributed by atoms with Crippen LogP contribution in [0.3, 0.4) is 0 Å². The summed E-state index contributed by atoms with van der Waals surface area (Å²) in [7, 11) is 1.66. The molecule has 0 aliphatic heterocycles.